The molecule has 0 aliphatic carbocycles. The molecule has 0 fully saturated rings. The molecule has 0 saturated heterocycles. The first-order chi connectivity index (χ1) is 24.2. The zero-order valence-corrected chi connectivity index (χ0v) is 35.8. The van der Waals surface area contributed by atoms with Crippen molar-refractivity contribution in [3.63, 3.8) is 0 Å². The smallest absolute Gasteiger partial charge is 0.686 e. The van der Waals surface area contributed by atoms with Gasteiger partial charge in [0.15, 0.2) is 17.3 Å². The molecule has 20 heteroatoms. The number of methoxy groups -OCH3 is 4. The van der Waals surface area contributed by atoms with E-state index in [1.54, 1.807) is 34.3 Å². The average Bonchev–Trinajstić information content (AvgIpc) is 3.02. The quantitative estimate of drug-likeness (QED) is 0.0630. The molecule has 0 heterocycles. The van der Waals surface area contributed by atoms with Crippen LogP contribution in [0, 0.1) is 0 Å². The van der Waals surface area contributed by atoms with Crippen LogP contribution in [-0.2, 0) is 77.1 Å². The number of hydrogen-bond acceptors (Lipinski definition) is 13. The molecule has 0 aliphatic heterocycles. The molecule has 0 aromatic heterocycles. The van der Waals surface area contributed by atoms with Gasteiger partial charge in [0.25, 0.3) is 0 Å². The Morgan fingerprint density at radius 3 is 1.28 bits per heavy atom. The van der Waals surface area contributed by atoms with E-state index < -0.39 is 17.7 Å². The number of carbonyl (C=O) groups is 5. The van der Waals surface area contributed by atoms with Gasteiger partial charge in [0.2, 0.25) is 0 Å². The van der Waals surface area contributed by atoms with Crippen molar-refractivity contribution in [1.29, 1.82) is 0 Å². The number of ketones is 5. The second-order valence-electron chi connectivity index (χ2n) is 9.50. The first-order valence-corrected chi connectivity index (χ1v) is 15.6. The summed E-state index contributed by atoms with van der Waals surface area (Å²) in [5.74, 6) is -0.713. The Kier molecular flexibility index (Phi) is 77.1. The number of halogens is 3. The minimum atomic E-state index is -4.58. The Morgan fingerprint density at radius 1 is 0.648 bits per heavy atom. The van der Waals surface area contributed by atoms with E-state index in [1.165, 1.54) is 40.9 Å². The first kappa shape index (κ1) is 72.7. The van der Waals surface area contributed by atoms with Gasteiger partial charge in [0.05, 0.1) is 19.6 Å². The number of ether oxygens (including phenoxy) is 4. The monoisotopic (exact) mass is 888 g/mol. The Hall–Kier alpha value is -2.48. The summed E-state index contributed by atoms with van der Waals surface area (Å²) in [7, 11) is 8.26. The number of Topliss-reactive ketones (excluding diaryl/α,β-unsaturated/α-hetero) is 2. The molecule has 0 aromatic rings. The Morgan fingerprint density at radius 2 is 1.02 bits per heavy atom. The first-order valence-electron chi connectivity index (χ1n) is 15.6. The second-order valence-corrected chi connectivity index (χ2v) is 9.50. The number of aliphatic hydroxyl groups excluding tert-OH is 2. The van der Waals surface area contributed by atoms with Crippen molar-refractivity contribution in [3.05, 3.63) is 46.0 Å². The third kappa shape index (κ3) is 87.4. The van der Waals surface area contributed by atoms with Crippen molar-refractivity contribution >= 4 is 28.9 Å². The number of aliphatic hydroxyl groups is 2. The second kappa shape index (κ2) is 57.2. The van der Waals surface area contributed by atoms with Crippen LogP contribution in [0.25, 0.3) is 10.6 Å². The molecule has 0 atom stereocenters. The fourth-order valence-electron chi connectivity index (χ4n) is 2.49. The predicted molar refractivity (Wildman–Crippen MR) is 197 cm³/mol. The van der Waals surface area contributed by atoms with E-state index in [-0.39, 0.29) is 76.8 Å². The number of nitrogens with one attached hydrogen (secondary N) is 1. The van der Waals surface area contributed by atoms with Gasteiger partial charge in [-0.2, -0.15) is 18.9 Å². The fourth-order valence-corrected chi connectivity index (χ4v) is 2.49. The largest absolute Gasteiger partial charge is 2.00 e. The van der Waals surface area contributed by atoms with Crippen LogP contribution in [0.1, 0.15) is 54.9 Å². The van der Waals surface area contributed by atoms with Crippen LogP contribution in [-0.4, -0.2) is 141 Å². The SMILES string of the molecule is CC(=O)CC(C)=O.CO.CO.COCCN.COCCN/C(C)=C\C(C)=O.COCC[N-]C(=CC(C)=O)C(F)(F)F.COCC[N-]C(C)=CC(C)=O.[Cu+2].[Cu]. The van der Waals surface area contributed by atoms with E-state index >= 15 is 0 Å². The van der Waals surface area contributed by atoms with Crippen LogP contribution in [0.5, 0.6) is 0 Å². The molecule has 0 bridgehead atoms. The zero-order chi connectivity index (χ0) is 42.6. The molecule has 0 unspecified atom stereocenters. The van der Waals surface area contributed by atoms with Crippen molar-refractivity contribution in [2.24, 2.45) is 5.73 Å². The molecule has 15 nitrogen and oxygen atoms in total. The standard InChI is InChI=1S/C8H12F3NO2.2C8H15NO2.C5H8O2.C3H9NO.2CH4O.2Cu/c1-6(13)5-7(8(9,10)11)12-3-4-14-2;2*1-7(6-8(2)10)9-4-5-11-3;1-4(6)3-5(2)7;1-5-3-2-4;2*1-2;;/h5H,3-4H2,1-2H3,(H,12,13);6H,4-5H2,1-3H3,(H,9,10);6,9H,4-5H2,1-3H3;3H2,1-2H3;2-4H2,1H3;2*2H,1H3;;/q;;;;;;;;+2/p-2/b;;7-6-;;;;;;. The number of alkyl halides is 3. The maximum absolute atomic E-state index is 12.2. The number of nitrogens with zero attached hydrogens (tertiary/aromatic N) is 2. The van der Waals surface area contributed by atoms with Crippen LogP contribution in [0.15, 0.2) is 35.3 Å². The van der Waals surface area contributed by atoms with Crippen molar-refractivity contribution in [2.75, 3.05) is 95.3 Å². The summed E-state index contributed by atoms with van der Waals surface area (Å²) < 4.78 is 55.2. The van der Waals surface area contributed by atoms with E-state index in [9.17, 15) is 37.1 Å². The maximum atomic E-state index is 12.2. The molecular weight excluding hydrogens is 824 g/mol. The Bertz CT molecular complexity index is 937. The molecule has 0 amide bonds. The molecule has 2 radical (unpaired) electrons. The maximum Gasteiger partial charge on any atom is 2.00 e. The number of nitrogens with two attached hydrogens (primary N) is 1. The number of hydrogen-bond donors (Lipinski definition) is 4. The summed E-state index contributed by atoms with van der Waals surface area (Å²) in [6.07, 6.45) is -0.958. The van der Waals surface area contributed by atoms with Gasteiger partial charge >= 0.3 is 23.2 Å². The molecule has 0 saturated carbocycles. The number of carbonyl (C=O) groups excluding carboxylic acids is 5. The molecule has 5 N–H and O–H groups in total. The van der Waals surface area contributed by atoms with Gasteiger partial charge in [0, 0.05) is 91.7 Å². The van der Waals surface area contributed by atoms with Crippen molar-refractivity contribution < 1.29 is 100 Å². The summed E-state index contributed by atoms with van der Waals surface area (Å²) >= 11 is 0. The summed E-state index contributed by atoms with van der Waals surface area (Å²) in [6.45, 7) is 14.4. The summed E-state index contributed by atoms with van der Waals surface area (Å²) in [5, 5.41) is 24.3. The third-order valence-electron chi connectivity index (χ3n) is 4.23. The van der Waals surface area contributed by atoms with Crippen LogP contribution in [0.4, 0.5) is 13.2 Å². The van der Waals surface area contributed by atoms with E-state index in [0.717, 1.165) is 39.1 Å². The summed E-state index contributed by atoms with van der Waals surface area (Å²) in [5.41, 5.74) is 5.49. The predicted octanol–water partition coefficient (Wildman–Crippen LogP) is 3.61. The van der Waals surface area contributed by atoms with Gasteiger partial charge in [-0.1, -0.05) is 12.6 Å². The minimum absolute atomic E-state index is 0. The van der Waals surface area contributed by atoms with Gasteiger partial charge in [0.1, 0.15) is 11.6 Å². The molecule has 0 aliphatic rings. The van der Waals surface area contributed by atoms with E-state index in [2.05, 4.69) is 25.4 Å². The van der Waals surface area contributed by atoms with Gasteiger partial charge in [-0.05, 0) is 59.8 Å². The van der Waals surface area contributed by atoms with E-state index in [0.29, 0.717) is 39.0 Å². The van der Waals surface area contributed by atoms with Crippen molar-refractivity contribution in [2.45, 2.75) is 61.1 Å². The normalized spacial score (nSPS) is 10.0. The van der Waals surface area contributed by atoms with Crippen molar-refractivity contribution in [1.82, 2.24) is 5.32 Å². The van der Waals surface area contributed by atoms with Crippen LogP contribution >= 0.6 is 0 Å². The Balaban J connectivity index is -0.0000000667. The number of rotatable bonds is 19. The molecule has 0 spiro atoms. The topological polar surface area (TPSA) is 229 Å². The van der Waals surface area contributed by atoms with Crippen LogP contribution in [0.3, 0.4) is 0 Å². The third-order valence-corrected chi connectivity index (χ3v) is 4.23. The fraction of sp³-hybridized carbons (Fsp3) is 0.676. The molecular formula is C34H65Cu2F3N4O11. The van der Waals surface area contributed by atoms with Crippen LogP contribution in [0.2, 0.25) is 0 Å². The molecule has 0 aromatic carbocycles. The van der Waals surface area contributed by atoms with Crippen molar-refractivity contribution in [3.8, 4) is 0 Å². The molecule has 330 valence electrons. The number of allylic oxidation sites excluding steroid dienone is 6. The minimum Gasteiger partial charge on any atom is -0.686 e. The molecule has 0 rings (SSSR count). The van der Waals surface area contributed by atoms with E-state index in [1.807, 2.05) is 6.92 Å². The summed E-state index contributed by atoms with van der Waals surface area (Å²) in [4.78, 5) is 51.6. The van der Waals surface area contributed by atoms with Gasteiger partial charge in [-0.3, -0.25) is 24.0 Å². The average molecular weight is 890 g/mol. The van der Waals surface area contributed by atoms with Gasteiger partial charge in [-0.25, -0.2) is 0 Å². The summed E-state index contributed by atoms with van der Waals surface area (Å²) in [6, 6.07) is 0. The molecule has 54 heavy (non-hydrogen) atoms. The Labute approximate surface area is 341 Å². The zero-order valence-electron chi connectivity index (χ0n) is 33.9. The van der Waals surface area contributed by atoms with E-state index in [4.69, 9.17) is 25.4 Å². The van der Waals surface area contributed by atoms with Gasteiger partial charge < -0.3 is 50.8 Å². The van der Waals surface area contributed by atoms with Crippen LogP contribution < -0.4 is 11.1 Å². The van der Waals surface area contributed by atoms with Gasteiger partial charge in [-0.15, -0.1) is 13.1 Å².